The summed E-state index contributed by atoms with van der Waals surface area (Å²) in [7, 11) is 1.60. The van der Waals surface area contributed by atoms with Gasteiger partial charge in [-0.25, -0.2) is 0 Å². The van der Waals surface area contributed by atoms with Gasteiger partial charge in [0.1, 0.15) is 17.7 Å². The molecule has 0 radical (unpaired) electrons. The van der Waals surface area contributed by atoms with Crippen molar-refractivity contribution in [2.24, 2.45) is 0 Å². The zero-order valence-corrected chi connectivity index (χ0v) is 12.7. The molecule has 2 rings (SSSR count). The van der Waals surface area contributed by atoms with E-state index in [1.54, 1.807) is 7.11 Å². The van der Waals surface area contributed by atoms with E-state index in [4.69, 9.17) is 4.74 Å². The molecule has 5 nitrogen and oxygen atoms in total. The van der Waals surface area contributed by atoms with E-state index in [-0.39, 0.29) is 5.76 Å². The van der Waals surface area contributed by atoms with Crippen LogP contribution in [0.1, 0.15) is 6.42 Å². The molecule has 5 heteroatoms. The number of rotatable bonds is 6. The van der Waals surface area contributed by atoms with Crippen molar-refractivity contribution in [3.63, 3.8) is 0 Å². The van der Waals surface area contributed by atoms with Gasteiger partial charge in [0.2, 0.25) is 0 Å². The summed E-state index contributed by atoms with van der Waals surface area (Å²) < 4.78 is 4.92. The van der Waals surface area contributed by atoms with Crippen LogP contribution >= 0.6 is 0 Å². The van der Waals surface area contributed by atoms with Gasteiger partial charge in [0.15, 0.2) is 0 Å². The molecular formula is C17H22N2O3. The molecule has 0 saturated heterocycles. The van der Waals surface area contributed by atoms with Gasteiger partial charge in [0.25, 0.3) is 0 Å². The van der Waals surface area contributed by atoms with Gasteiger partial charge in [-0.3, -0.25) is 5.32 Å². The summed E-state index contributed by atoms with van der Waals surface area (Å²) in [4.78, 5) is 1.81. The number of ether oxygens (including phenoxy) is 1. The quantitative estimate of drug-likeness (QED) is 0.400. The van der Waals surface area contributed by atoms with Gasteiger partial charge in [-0.15, -0.1) is 0 Å². The van der Waals surface area contributed by atoms with Gasteiger partial charge in [-0.2, -0.15) is 0 Å². The molecule has 0 bridgehead atoms. The highest BCUT2D eigenvalue weighted by Gasteiger charge is 2.20. The fourth-order valence-corrected chi connectivity index (χ4v) is 2.27. The van der Waals surface area contributed by atoms with Crippen LogP contribution in [-0.2, 0) is 4.74 Å². The fourth-order valence-electron chi connectivity index (χ4n) is 2.27. The van der Waals surface area contributed by atoms with E-state index < -0.39 is 0 Å². The lowest BCUT2D eigenvalue weighted by molar-refractivity contribution is 0.178. The van der Waals surface area contributed by atoms with Crippen LogP contribution in [0.2, 0.25) is 0 Å². The first-order valence-corrected chi connectivity index (χ1v) is 7.20. The van der Waals surface area contributed by atoms with Crippen LogP contribution in [0.3, 0.4) is 0 Å². The molecule has 0 atom stereocenters. The molecule has 0 fully saturated rings. The third-order valence-electron chi connectivity index (χ3n) is 3.40. The molecule has 1 aliphatic carbocycles. The molecule has 0 aromatic rings. The summed E-state index contributed by atoms with van der Waals surface area (Å²) in [6, 6.07) is 0. The maximum absolute atomic E-state index is 10.3. The van der Waals surface area contributed by atoms with E-state index in [1.165, 1.54) is 0 Å². The SMILES string of the molecule is COCNCC1=C(O)/C(=C/O)N(CC2=CC=CCC=C2)C=C1. The summed E-state index contributed by atoms with van der Waals surface area (Å²) in [5.41, 5.74) is 2.20. The molecule has 1 aliphatic heterocycles. The largest absolute Gasteiger partial charge is 0.513 e. The predicted octanol–water partition coefficient (Wildman–Crippen LogP) is 2.66. The summed E-state index contributed by atoms with van der Waals surface area (Å²) in [5.74, 6) is 0.0716. The smallest absolute Gasteiger partial charge is 0.146 e. The molecule has 0 spiro atoms. The Morgan fingerprint density at radius 3 is 3.00 bits per heavy atom. The molecule has 0 aromatic carbocycles. The zero-order valence-electron chi connectivity index (χ0n) is 12.7. The summed E-state index contributed by atoms with van der Waals surface area (Å²) in [6.45, 7) is 1.44. The van der Waals surface area contributed by atoms with Crippen molar-refractivity contribution in [3.05, 3.63) is 71.5 Å². The Morgan fingerprint density at radius 1 is 1.36 bits per heavy atom. The second-order valence-electron chi connectivity index (χ2n) is 5.00. The van der Waals surface area contributed by atoms with E-state index >= 15 is 0 Å². The summed E-state index contributed by atoms with van der Waals surface area (Å²) in [5, 5.41) is 22.8. The van der Waals surface area contributed by atoms with Crippen LogP contribution in [0.25, 0.3) is 0 Å². The maximum Gasteiger partial charge on any atom is 0.146 e. The minimum absolute atomic E-state index is 0.0716. The summed E-state index contributed by atoms with van der Waals surface area (Å²) in [6.07, 6.45) is 15.8. The number of methoxy groups -OCH3 is 1. The normalized spacial score (nSPS) is 19.8. The van der Waals surface area contributed by atoms with Crippen molar-refractivity contribution in [1.29, 1.82) is 0 Å². The molecule has 2 aliphatic rings. The van der Waals surface area contributed by atoms with E-state index in [1.807, 2.05) is 29.3 Å². The standard InChI is InChI=1S/C17H22N2O3/c1-22-13-18-10-15-8-9-19(16(12-20)17(15)21)11-14-6-4-2-3-5-7-14/h2,4-9,12,18,20-21H,3,10-11,13H2,1H3/b16-12-. The van der Waals surface area contributed by atoms with Crippen LogP contribution in [0.4, 0.5) is 0 Å². The highest BCUT2D eigenvalue weighted by molar-refractivity contribution is 5.41. The Hall–Kier alpha value is -2.24. The van der Waals surface area contributed by atoms with Gasteiger partial charge in [0, 0.05) is 32.0 Å². The lowest BCUT2D eigenvalue weighted by Gasteiger charge is -2.27. The van der Waals surface area contributed by atoms with Crippen molar-refractivity contribution >= 4 is 0 Å². The third kappa shape index (κ3) is 4.13. The first-order valence-electron chi connectivity index (χ1n) is 7.20. The van der Waals surface area contributed by atoms with Crippen LogP contribution in [-0.4, -0.2) is 42.0 Å². The molecule has 0 saturated carbocycles. The molecule has 1 heterocycles. The molecule has 0 amide bonds. The first-order chi connectivity index (χ1) is 10.8. The van der Waals surface area contributed by atoms with Crippen LogP contribution in [0.5, 0.6) is 0 Å². The van der Waals surface area contributed by atoms with Gasteiger partial charge in [-0.05, 0) is 18.1 Å². The average molecular weight is 302 g/mol. The van der Waals surface area contributed by atoms with E-state index in [2.05, 4.69) is 23.5 Å². The Bertz CT molecular complexity index is 568. The second kappa shape index (κ2) is 8.26. The van der Waals surface area contributed by atoms with E-state index in [0.29, 0.717) is 31.1 Å². The molecular weight excluding hydrogens is 280 g/mol. The topological polar surface area (TPSA) is 65.0 Å². The van der Waals surface area contributed by atoms with Gasteiger partial charge in [-0.1, -0.05) is 30.4 Å². The molecule has 0 aromatic heterocycles. The fraction of sp³-hybridized carbons (Fsp3) is 0.294. The van der Waals surface area contributed by atoms with Crippen molar-refractivity contribution in [3.8, 4) is 0 Å². The number of nitrogens with one attached hydrogen (secondary N) is 1. The number of nitrogens with zero attached hydrogens (tertiary/aromatic N) is 1. The monoisotopic (exact) mass is 302 g/mol. The minimum Gasteiger partial charge on any atom is -0.513 e. The number of hydrogen-bond acceptors (Lipinski definition) is 5. The summed E-state index contributed by atoms with van der Waals surface area (Å²) >= 11 is 0. The highest BCUT2D eigenvalue weighted by atomic mass is 16.5. The third-order valence-corrected chi connectivity index (χ3v) is 3.40. The number of aliphatic hydroxyl groups is 2. The van der Waals surface area contributed by atoms with Crippen LogP contribution in [0.15, 0.2) is 71.5 Å². The predicted molar refractivity (Wildman–Crippen MR) is 87.1 cm³/mol. The highest BCUT2D eigenvalue weighted by Crippen LogP contribution is 2.24. The Balaban J connectivity index is 2.08. The van der Waals surface area contributed by atoms with E-state index in [0.717, 1.165) is 18.3 Å². The van der Waals surface area contributed by atoms with Crippen LogP contribution in [0, 0.1) is 0 Å². The lowest BCUT2D eigenvalue weighted by atomic mass is 10.1. The maximum atomic E-state index is 10.3. The molecule has 3 N–H and O–H groups in total. The average Bonchev–Trinajstić information content (AvgIpc) is 2.79. The van der Waals surface area contributed by atoms with Crippen LogP contribution < -0.4 is 5.32 Å². The van der Waals surface area contributed by atoms with Gasteiger partial charge in [0.05, 0.1) is 6.73 Å². The van der Waals surface area contributed by atoms with Gasteiger partial charge >= 0.3 is 0 Å². The number of hydrogen-bond donors (Lipinski definition) is 3. The first kappa shape index (κ1) is 16.1. The van der Waals surface area contributed by atoms with E-state index in [9.17, 15) is 10.2 Å². The Morgan fingerprint density at radius 2 is 2.23 bits per heavy atom. The number of allylic oxidation sites excluding steroid dienone is 4. The minimum atomic E-state index is 0.0716. The molecule has 22 heavy (non-hydrogen) atoms. The molecule has 118 valence electrons. The van der Waals surface area contributed by atoms with Gasteiger partial charge < -0.3 is 19.8 Å². The second-order valence-corrected chi connectivity index (χ2v) is 5.00. The van der Waals surface area contributed by atoms with Crippen molar-refractivity contribution in [2.45, 2.75) is 6.42 Å². The zero-order chi connectivity index (χ0) is 15.8. The Kier molecular flexibility index (Phi) is 6.06. The van der Waals surface area contributed by atoms with Crippen molar-refractivity contribution < 1.29 is 14.9 Å². The number of aliphatic hydroxyl groups excluding tert-OH is 2. The lowest BCUT2D eigenvalue weighted by Crippen LogP contribution is -2.27. The Labute approximate surface area is 130 Å². The van der Waals surface area contributed by atoms with Crippen molar-refractivity contribution in [1.82, 2.24) is 10.2 Å². The molecule has 0 unspecified atom stereocenters. The van der Waals surface area contributed by atoms with Crippen molar-refractivity contribution in [2.75, 3.05) is 26.9 Å².